The summed E-state index contributed by atoms with van der Waals surface area (Å²) in [5, 5.41) is 5.07. The summed E-state index contributed by atoms with van der Waals surface area (Å²) in [5.74, 6) is -0.793. The van der Waals surface area contributed by atoms with Crippen molar-refractivity contribution in [2.24, 2.45) is 11.5 Å². The summed E-state index contributed by atoms with van der Waals surface area (Å²) in [6, 6.07) is 0. The molecule has 0 saturated carbocycles. The summed E-state index contributed by atoms with van der Waals surface area (Å²) in [7, 11) is 3.04. The molecule has 7 nitrogen and oxygen atoms in total. The van der Waals surface area contributed by atoms with Crippen LogP contribution in [0, 0.1) is 0 Å². The number of nitrogens with two attached hydrogens (primary N) is 2. The number of carbonyl (C=O) groups is 2. The zero-order valence-corrected chi connectivity index (χ0v) is 9.46. The van der Waals surface area contributed by atoms with Crippen molar-refractivity contribution in [3.8, 4) is 0 Å². The van der Waals surface area contributed by atoms with Gasteiger partial charge < -0.3 is 27.8 Å². The van der Waals surface area contributed by atoms with Crippen LogP contribution >= 0.6 is 0 Å². The van der Waals surface area contributed by atoms with Gasteiger partial charge in [-0.2, -0.15) is 0 Å². The van der Waals surface area contributed by atoms with E-state index in [0.29, 0.717) is 5.57 Å². The Balaban J connectivity index is 5.34. The van der Waals surface area contributed by atoms with Crippen LogP contribution in [-0.2, 0) is 9.59 Å². The van der Waals surface area contributed by atoms with Crippen LogP contribution in [0.2, 0.25) is 0 Å². The Labute approximate surface area is 93.7 Å². The Bertz CT molecular complexity index is 346. The summed E-state index contributed by atoms with van der Waals surface area (Å²) >= 11 is 0. The Morgan fingerprint density at radius 2 is 1.81 bits per heavy atom. The van der Waals surface area contributed by atoms with Gasteiger partial charge in [0.2, 0.25) is 5.91 Å². The molecule has 90 valence electrons. The molecule has 0 aromatic carbocycles. The number of hydrogen-bond acceptors (Lipinski definition) is 4. The van der Waals surface area contributed by atoms with Gasteiger partial charge in [-0.15, -0.1) is 0 Å². The second kappa shape index (κ2) is 6.46. The maximum absolute atomic E-state index is 11.6. The van der Waals surface area contributed by atoms with Crippen LogP contribution in [0.3, 0.4) is 0 Å². The van der Waals surface area contributed by atoms with E-state index in [2.05, 4.69) is 16.4 Å². The molecule has 7 heteroatoms. The summed E-state index contributed by atoms with van der Waals surface area (Å²) in [4.78, 5) is 22.4. The smallest absolute Gasteiger partial charge is 0.255 e. The molecule has 0 rings (SSSR count). The van der Waals surface area contributed by atoms with E-state index in [-0.39, 0.29) is 17.8 Å². The molecule has 0 spiro atoms. The number of primary amides is 1. The summed E-state index contributed by atoms with van der Waals surface area (Å²) in [6.07, 6.45) is 1.30. The van der Waals surface area contributed by atoms with Crippen molar-refractivity contribution >= 4 is 11.8 Å². The lowest BCUT2D eigenvalue weighted by Gasteiger charge is -2.11. The Hall–Kier alpha value is -2.02. The van der Waals surface area contributed by atoms with Crippen molar-refractivity contribution in [3.63, 3.8) is 0 Å². The van der Waals surface area contributed by atoms with Gasteiger partial charge in [0.1, 0.15) is 5.82 Å². The van der Waals surface area contributed by atoms with Crippen LogP contribution in [0.25, 0.3) is 0 Å². The molecule has 0 heterocycles. The molecular formula is C9H18N5O2+. The standard InChI is InChI=1S/C9H17N5O2/c1-13-8(12)7(9(16)14-2)5(4-10)3-6(11)15/h4,13H,3,10,12H2,1-2H3,(H2,11,15)(H,14,16)/p+1. The molecule has 0 fully saturated rings. The lowest BCUT2D eigenvalue weighted by atomic mass is 10.0. The van der Waals surface area contributed by atoms with Gasteiger partial charge in [-0.1, -0.05) is 0 Å². The first kappa shape index (κ1) is 14.0. The zero-order chi connectivity index (χ0) is 12.7. The lowest BCUT2D eigenvalue weighted by Crippen LogP contribution is -2.42. The first-order chi connectivity index (χ1) is 7.47. The predicted octanol–water partition coefficient (Wildman–Crippen LogP) is -2.88. The van der Waals surface area contributed by atoms with E-state index in [9.17, 15) is 9.59 Å². The number of rotatable bonds is 5. The fourth-order valence-corrected chi connectivity index (χ4v) is 1.14. The summed E-state index contributed by atoms with van der Waals surface area (Å²) in [6.45, 7) is 0. The maximum atomic E-state index is 11.6. The fourth-order valence-electron chi connectivity index (χ4n) is 1.14. The highest BCUT2D eigenvalue weighted by Crippen LogP contribution is 2.13. The number of likely N-dealkylation sites (N-methyl/N-ethyl adjacent to an activating group) is 1. The molecule has 0 aromatic rings. The van der Waals surface area contributed by atoms with Gasteiger partial charge in [-0.25, -0.2) is 0 Å². The number of quaternary nitrogens is 1. The quantitative estimate of drug-likeness (QED) is 0.255. The van der Waals surface area contributed by atoms with Crippen LogP contribution in [0.4, 0.5) is 0 Å². The third-order valence-electron chi connectivity index (χ3n) is 1.92. The average molecular weight is 228 g/mol. The van der Waals surface area contributed by atoms with Crippen LogP contribution in [0.15, 0.2) is 23.2 Å². The number of amides is 2. The monoisotopic (exact) mass is 228 g/mol. The van der Waals surface area contributed by atoms with E-state index in [4.69, 9.17) is 11.5 Å². The van der Waals surface area contributed by atoms with E-state index in [1.165, 1.54) is 13.2 Å². The van der Waals surface area contributed by atoms with Crippen molar-refractivity contribution in [1.29, 1.82) is 0 Å². The Morgan fingerprint density at radius 3 is 2.12 bits per heavy atom. The highest BCUT2D eigenvalue weighted by molar-refractivity contribution is 5.99. The van der Waals surface area contributed by atoms with E-state index >= 15 is 0 Å². The van der Waals surface area contributed by atoms with Crippen LogP contribution in [0.5, 0.6) is 0 Å². The SMILES string of the molecule is CNC(=O)C(C(=C[NH3+])CC(N)=O)=C(N)NC. The van der Waals surface area contributed by atoms with Gasteiger partial charge >= 0.3 is 0 Å². The van der Waals surface area contributed by atoms with Crippen molar-refractivity contribution in [3.05, 3.63) is 23.2 Å². The number of hydrogen-bond donors (Lipinski definition) is 5. The van der Waals surface area contributed by atoms with Gasteiger partial charge in [-0.3, -0.25) is 9.59 Å². The zero-order valence-electron chi connectivity index (χ0n) is 9.46. The molecule has 9 N–H and O–H groups in total. The molecule has 16 heavy (non-hydrogen) atoms. The van der Waals surface area contributed by atoms with Gasteiger partial charge in [-0.05, 0) is 0 Å². The highest BCUT2D eigenvalue weighted by atomic mass is 16.2. The molecule has 0 bridgehead atoms. The van der Waals surface area contributed by atoms with Crippen molar-refractivity contribution in [1.82, 2.24) is 10.6 Å². The van der Waals surface area contributed by atoms with E-state index < -0.39 is 11.8 Å². The van der Waals surface area contributed by atoms with Gasteiger partial charge in [0.25, 0.3) is 5.91 Å². The van der Waals surface area contributed by atoms with Crippen LogP contribution < -0.4 is 27.8 Å². The molecule has 0 atom stereocenters. The minimum atomic E-state index is -0.555. The lowest BCUT2D eigenvalue weighted by molar-refractivity contribution is -0.276. The molecule has 0 aromatic heterocycles. The van der Waals surface area contributed by atoms with Gasteiger partial charge in [0.15, 0.2) is 0 Å². The molecule has 0 saturated heterocycles. The molecule has 0 aliphatic carbocycles. The van der Waals surface area contributed by atoms with Crippen LogP contribution in [0.1, 0.15) is 6.42 Å². The van der Waals surface area contributed by atoms with Crippen molar-refractivity contribution < 1.29 is 15.3 Å². The minimum Gasteiger partial charge on any atom is -0.385 e. The second-order valence-corrected chi connectivity index (χ2v) is 2.99. The molecular weight excluding hydrogens is 210 g/mol. The first-order valence-electron chi connectivity index (χ1n) is 4.64. The maximum Gasteiger partial charge on any atom is 0.255 e. The van der Waals surface area contributed by atoms with E-state index in [1.54, 1.807) is 7.05 Å². The van der Waals surface area contributed by atoms with Gasteiger partial charge in [0, 0.05) is 19.7 Å². The normalized spacial score (nSPS) is 12.8. The minimum absolute atomic E-state index is 0.0887. The second-order valence-electron chi connectivity index (χ2n) is 2.99. The van der Waals surface area contributed by atoms with Crippen molar-refractivity contribution in [2.45, 2.75) is 6.42 Å². The molecule has 0 radical (unpaired) electrons. The molecule has 0 aliphatic heterocycles. The molecule has 2 amide bonds. The Morgan fingerprint density at radius 1 is 1.25 bits per heavy atom. The molecule has 0 aliphatic rings. The third kappa shape index (κ3) is 3.62. The fraction of sp³-hybridized carbons (Fsp3) is 0.333. The number of carbonyl (C=O) groups excluding carboxylic acids is 2. The average Bonchev–Trinajstić information content (AvgIpc) is 2.26. The predicted molar refractivity (Wildman–Crippen MR) is 59.1 cm³/mol. The highest BCUT2D eigenvalue weighted by Gasteiger charge is 2.19. The third-order valence-corrected chi connectivity index (χ3v) is 1.92. The topological polar surface area (TPSA) is 138 Å². The summed E-state index contributed by atoms with van der Waals surface area (Å²) in [5.41, 5.74) is 14.8. The van der Waals surface area contributed by atoms with Crippen LogP contribution in [-0.4, -0.2) is 25.9 Å². The van der Waals surface area contributed by atoms with E-state index in [1.807, 2.05) is 0 Å². The number of nitrogens with one attached hydrogen (secondary N) is 2. The largest absolute Gasteiger partial charge is 0.385 e. The Kier molecular flexibility index (Phi) is 5.65. The first-order valence-corrected chi connectivity index (χ1v) is 4.64. The summed E-state index contributed by atoms with van der Waals surface area (Å²) < 4.78 is 0. The van der Waals surface area contributed by atoms with E-state index in [0.717, 1.165) is 0 Å². The molecule has 0 unspecified atom stereocenters. The van der Waals surface area contributed by atoms with Gasteiger partial charge in [0.05, 0.1) is 18.2 Å². The van der Waals surface area contributed by atoms with Crippen molar-refractivity contribution in [2.75, 3.05) is 14.1 Å².